The molecule has 1 N–H and O–H groups in total. The van der Waals surface area contributed by atoms with Gasteiger partial charge in [0.25, 0.3) is 0 Å². The summed E-state index contributed by atoms with van der Waals surface area (Å²) in [7, 11) is 0. The molecule has 1 aliphatic carbocycles. The number of rotatable bonds is 6. The van der Waals surface area contributed by atoms with E-state index in [-0.39, 0.29) is 0 Å². The molecule has 1 unspecified atom stereocenters. The van der Waals surface area contributed by atoms with E-state index in [1.54, 1.807) is 0 Å². The van der Waals surface area contributed by atoms with E-state index >= 15 is 0 Å². The Balaban J connectivity index is 1.95. The van der Waals surface area contributed by atoms with Crippen LogP contribution >= 0.6 is 27.3 Å². The molecule has 0 aliphatic heterocycles. The number of halogens is 1. The monoisotopic (exact) mass is 301 g/mol. The lowest BCUT2D eigenvalue weighted by atomic mass is 9.80. The van der Waals surface area contributed by atoms with Crippen LogP contribution in [0.5, 0.6) is 0 Å². The molecule has 2 rings (SSSR count). The van der Waals surface area contributed by atoms with E-state index in [9.17, 15) is 0 Å². The topological polar surface area (TPSA) is 12.0 Å². The van der Waals surface area contributed by atoms with Gasteiger partial charge >= 0.3 is 0 Å². The zero-order valence-electron chi connectivity index (χ0n) is 9.84. The molecule has 1 aliphatic rings. The van der Waals surface area contributed by atoms with Crippen molar-refractivity contribution in [2.75, 3.05) is 6.54 Å². The van der Waals surface area contributed by atoms with Crippen LogP contribution in [0, 0.1) is 5.92 Å². The van der Waals surface area contributed by atoms with Crippen LogP contribution in [0.4, 0.5) is 0 Å². The third kappa shape index (κ3) is 3.31. The van der Waals surface area contributed by atoms with Gasteiger partial charge in [-0.1, -0.05) is 26.2 Å². The van der Waals surface area contributed by atoms with Gasteiger partial charge in [0.05, 0.1) is 0 Å². The van der Waals surface area contributed by atoms with Crippen LogP contribution < -0.4 is 5.32 Å². The lowest BCUT2D eigenvalue weighted by Crippen LogP contribution is -2.26. The zero-order valence-corrected chi connectivity index (χ0v) is 12.2. The van der Waals surface area contributed by atoms with Gasteiger partial charge in [-0.05, 0) is 47.3 Å². The summed E-state index contributed by atoms with van der Waals surface area (Å²) in [5, 5.41) is 5.88. The van der Waals surface area contributed by atoms with Crippen LogP contribution in [0.1, 0.15) is 49.9 Å². The quantitative estimate of drug-likeness (QED) is 0.800. The first kappa shape index (κ1) is 12.6. The Morgan fingerprint density at radius 2 is 2.38 bits per heavy atom. The summed E-state index contributed by atoms with van der Waals surface area (Å²) in [6.45, 7) is 3.37. The first-order chi connectivity index (χ1) is 7.79. The van der Waals surface area contributed by atoms with Gasteiger partial charge in [0, 0.05) is 20.8 Å². The largest absolute Gasteiger partial charge is 0.309 e. The molecular weight excluding hydrogens is 282 g/mol. The number of thiophene rings is 1. The van der Waals surface area contributed by atoms with Crippen LogP contribution in [0.2, 0.25) is 0 Å². The minimum Gasteiger partial charge on any atom is -0.309 e. The molecule has 3 heteroatoms. The van der Waals surface area contributed by atoms with E-state index in [1.807, 2.05) is 11.3 Å². The third-order valence-electron chi connectivity index (χ3n) is 3.37. The van der Waals surface area contributed by atoms with Crippen LogP contribution in [-0.4, -0.2) is 6.54 Å². The van der Waals surface area contributed by atoms with Gasteiger partial charge in [0.15, 0.2) is 0 Å². The molecule has 0 saturated heterocycles. The molecule has 1 heterocycles. The summed E-state index contributed by atoms with van der Waals surface area (Å²) >= 11 is 5.42. The molecule has 0 amide bonds. The molecule has 0 bridgehead atoms. The van der Waals surface area contributed by atoms with E-state index in [0.717, 1.165) is 12.5 Å². The Morgan fingerprint density at radius 3 is 2.88 bits per heavy atom. The van der Waals surface area contributed by atoms with Crippen LogP contribution in [0.3, 0.4) is 0 Å². The highest BCUT2D eigenvalue weighted by Crippen LogP contribution is 2.37. The van der Waals surface area contributed by atoms with E-state index < -0.39 is 0 Å². The zero-order chi connectivity index (χ0) is 11.4. The van der Waals surface area contributed by atoms with Gasteiger partial charge in [-0.2, -0.15) is 0 Å². The highest BCUT2D eigenvalue weighted by atomic mass is 79.9. The maximum absolute atomic E-state index is 3.69. The molecule has 1 aromatic rings. The lowest BCUT2D eigenvalue weighted by Gasteiger charge is -2.29. The molecule has 1 atom stereocenters. The van der Waals surface area contributed by atoms with Gasteiger partial charge in [-0.15, -0.1) is 11.3 Å². The highest BCUT2D eigenvalue weighted by Gasteiger charge is 2.23. The SMILES string of the molecule is CCCNC(CC1CCC1)c1cc(Br)cs1. The standard InChI is InChI=1S/C13H20BrNS/c1-2-6-15-12(7-10-4-3-5-10)13-8-11(14)9-16-13/h8-10,12,15H,2-7H2,1H3. The Hall–Kier alpha value is 0.140. The molecule has 1 aromatic heterocycles. The fourth-order valence-corrected chi connectivity index (χ4v) is 3.73. The third-order valence-corrected chi connectivity index (χ3v) is 5.17. The Labute approximate surface area is 111 Å². The van der Waals surface area contributed by atoms with Gasteiger partial charge in [0.1, 0.15) is 0 Å². The van der Waals surface area contributed by atoms with E-state index in [1.165, 1.54) is 41.5 Å². The second kappa shape index (κ2) is 6.18. The maximum Gasteiger partial charge on any atom is 0.0417 e. The van der Waals surface area contributed by atoms with Gasteiger partial charge in [-0.3, -0.25) is 0 Å². The normalized spacial score (nSPS) is 18.4. The van der Waals surface area contributed by atoms with Crippen molar-refractivity contribution in [1.29, 1.82) is 0 Å². The van der Waals surface area contributed by atoms with Gasteiger partial charge in [-0.25, -0.2) is 0 Å². The molecule has 90 valence electrons. The van der Waals surface area contributed by atoms with Crippen molar-refractivity contribution in [1.82, 2.24) is 5.32 Å². The van der Waals surface area contributed by atoms with E-state index in [2.05, 4.69) is 39.6 Å². The number of hydrogen-bond acceptors (Lipinski definition) is 2. The van der Waals surface area contributed by atoms with E-state index in [0.29, 0.717) is 6.04 Å². The highest BCUT2D eigenvalue weighted by molar-refractivity contribution is 9.10. The summed E-state index contributed by atoms with van der Waals surface area (Å²) in [5.74, 6) is 0.968. The predicted octanol–water partition coefficient (Wildman–Crippen LogP) is 4.74. The summed E-state index contributed by atoms with van der Waals surface area (Å²) in [5.41, 5.74) is 0. The number of nitrogens with one attached hydrogen (secondary N) is 1. The van der Waals surface area contributed by atoms with Crippen molar-refractivity contribution in [3.05, 3.63) is 20.8 Å². The Kier molecular flexibility index (Phi) is 4.86. The lowest BCUT2D eigenvalue weighted by molar-refractivity contribution is 0.262. The summed E-state index contributed by atoms with van der Waals surface area (Å²) in [6, 6.07) is 2.86. The molecule has 16 heavy (non-hydrogen) atoms. The average molecular weight is 302 g/mol. The minimum atomic E-state index is 0.585. The van der Waals surface area contributed by atoms with E-state index in [4.69, 9.17) is 0 Å². The van der Waals surface area contributed by atoms with Crippen molar-refractivity contribution < 1.29 is 0 Å². The Morgan fingerprint density at radius 1 is 1.56 bits per heavy atom. The van der Waals surface area contributed by atoms with Gasteiger partial charge < -0.3 is 5.32 Å². The number of hydrogen-bond donors (Lipinski definition) is 1. The molecular formula is C13H20BrNS. The molecule has 1 fully saturated rings. The van der Waals surface area contributed by atoms with Crippen LogP contribution in [-0.2, 0) is 0 Å². The summed E-state index contributed by atoms with van der Waals surface area (Å²) in [4.78, 5) is 1.49. The molecule has 0 spiro atoms. The molecule has 1 nitrogen and oxygen atoms in total. The molecule has 0 aromatic carbocycles. The van der Waals surface area contributed by atoms with Crippen LogP contribution in [0.25, 0.3) is 0 Å². The second-order valence-electron chi connectivity index (χ2n) is 4.71. The first-order valence-corrected chi connectivity index (χ1v) is 7.94. The fourth-order valence-electron chi connectivity index (χ4n) is 2.19. The second-order valence-corrected chi connectivity index (χ2v) is 6.57. The van der Waals surface area contributed by atoms with Crippen LogP contribution in [0.15, 0.2) is 15.9 Å². The van der Waals surface area contributed by atoms with Crippen molar-refractivity contribution in [2.45, 2.75) is 45.1 Å². The fraction of sp³-hybridized carbons (Fsp3) is 0.692. The van der Waals surface area contributed by atoms with Crippen molar-refractivity contribution in [2.24, 2.45) is 5.92 Å². The summed E-state index contributed by atoms with van der Waals surface area (Å²) < 4.78 is 1.23. The van der Waals surface area contributed by atoms with Crippen molar-refractivity contribution in [3.8, 4) is 0 Å². The molecule has 0 radical (unpaired) electrons. The molecule has 1 saturated carbocycles. The van der Waals surface area contributed by atoms with Gasteiger partial charge in [0.2, 0.25) is 0 Å². The van der Waals surface area contributed by atoms with Crippen molar-refractivity contribution >= 4 is 27.3 Å². The smallest absolute Gasteiger partial charge is 0.0417 e. The maximum atomic E-state index is 3.69. The Bertz CT molecular complexity index is 319. The van der Waals surface area contributed by atoms with Crippen molar-refractivity contribution in [3.63, 3.8) is 0 Å². The first-order valence-electron chi connectivity index (χ1n) is 6.27. The predicted molar refractivity (Wildman–Crippen MR) is 75.0 cm³/mol. The summed E-state index contributed by atoms with van der Waals surface area (Å²) in [6.07, 6.45) is 6.87. The minimum absolute atomic E-state index is 0.585. The average Bonchev–Trinajstić information content (AvgIpc) is 2.62.